The number of hydrogen-bond acceptors (Lipinski definition) is 7. The highest BCUT2D eigenvalue weighted by atomic mass is 32.1. The summed E-state index contributed by atoms with van der Waals surface area (Å²) < 4.78 is 5.26. The minimum Gasteiger partial charge on any atom is -0.462 e. The Morgan fingerprint density at radius 3 is 3.00 bits per heavy atom. The molecule has 2 amide bonds. The highest BCUT2D eigenvalue weighted by Gasteiger charge is 2.16. The molecule has 0 saturated heterocycles. The van der Waals surface area contributed by atoms with Gasteiger partial charge in [0.15, 0.2) is 10.8 Å². The maximum atomic E-state index is 12.0. The van der Waals surface area contributed by atoms with E-state index in [9.17, 15) is 4.79 Å². The fourth-order valence-corrected chi connectivity index (χ4v) is 4.36. The molecule has 1 aliphatic rings. The molecule has 3 aromatic heterocycles. The summed E-state index contributed by atoms with van der Waals surface area (Å²) in [5.74, 6) is 0.634. The Kier molecular flexibility index (Phi) is 4.26. The Labute approximate surface area is 146 Å². The van der Waals surface area contributed by atoms with Gasteiger partial charge in [0.25, 0.3) is 0 Å². The number of amides is 2. The van der Waals surface area contributed by atoms with Crippen LogP contribution in [0.2, 0.25) is 0 Å². The van der Waals surface area contributed by atoms with Gasteiger partial charge in [-0.15, -0.1) is 21.5 Å². The van der Waals surface area contributed by atoms with Crippen LogP contribution in [0, 0.1) is 0 Å². The van der Waals surface area contributed by atoms with Gasteiger partial charge in [-0.3, -0.25) is 5.32 Å². The third-order valence-corrected chi connectivity index (χ3v) is 5.68. The molecule has 24 heavy (non-hydrogen) atoms. The van der Waals surface area contributed by atoms with Gasteiger partial charge < -0.3 is 9.73 Å². The number of furan rings is 1. The number of nitrogens with one attached hydrogen (secondary N) is 2. The predicted molar refractivity (Wildman–Crippen MR) is 92.2 cm³/mol. The number of fused-ring (bicyclic) bond motifs is 1. The zero-order valence-electron chi connectivity index (χ0n) is 12.7. The highest BCUT2D eigenvalue weighted by molar-refractivity contribution is 7.18. The molecule has 0 bridgehead atoms. The van der Waals surface area contributed by atoms with Crippen molar-refractivity contribution in [1.82, 2.24) is 20.5 Å². The molecular formula is C15H15N5O2S2. The van der Waals surface area contributed by atoms with E-state index < -0.39 is 0 Å². The Morgan fingerprint density at radius 1 is 1.25 bits per heavy atom. The van der Waals surface area contributed by atoms with Crippen molar-refractivity contribution in [2.75, 3.05) is 5.32 Å². The molecule has 3 heterocycles. The van der Waals surface area contributed by atoms with Crippen molar-refractivity contribution in [3.05, 3.63) is 34.0 Å². The first-order chi connectivity index (χ1) is 11.8. The minimum atomic E-state index is -0.315. The van der Waals surface area contributed by atoms with Gasteiger partial charge in [0.2, 0.25) is 5.13 Å². The van der Waals surface area contributed by atoms with Crippen LogP contribution in [0.3, 0.4) is 0 Å². The molecule has 4 rings (SSSR count). The molecule has 124 valence electrons. The lowest BCUT2D eigenvalue weighted by Crippen LogP contribution is -2.28. The van der Waals surface area contributed by atoms with Gasteiger partial charge in [0.05, 0.1) is 18.5 Å². The summed E-state index contributed by atoms with van der Waals surface area (Å²) in [6, 6.07) is 3.27. The third-order valence-electron chi connectivity index (χ3n) is 3.67. The lowest BCUT2D eigenvalue weighted by molar-refractivity contribution is 0.251. The van der Waals surface area contributed by atoms with Crippen LogP contribution in [-0.4, -0.2) is 21.2 Å². The summed E-state index contributed by atoms with van der Waals surface area (Å²) >= 11 is 2.96. The van der Waals surface area contributed by atoms with Gasteiger partial charge in [-0.25, -0.2) is 9.78 Å². The van der Waals surface area contributed by atoms with E-state index in [-0.39, 0.29) is 6.03 Å². The molecule has 9 heteroatoms. The zero-order valence-corrected chi connectivity index (χ0v) is 14.4. The molecule has 0 aromatic carbocycles. The third kappa shape index (κ3) is 3.31. The van der Waals surface area contributed by atoms with E-state index in [0.717, 1.165) is 17.8 Å². The standard InChI is InChI=1S/C15H15N5O2S2/c21-14(16-8-12-17-9-4-1-2-6-11(9)23-12)18-15-20-19-13(24-15)10-5-3-7-22-10/h3,5,7H,1-2,4,6,8H2,(H2,16,18,20,21). The summed E-state index contributed by atoms with van der Waals surface area (Å²) in [7, 11) is 0. The zero-order chi connectivity index (χ0) is 16.4. The number of rotatable bonds is 4. The number of carbonyl (C=O) groups is 1. The first-order valence-corrected chi connectivity index (χ1v) is 9.31. The van der Waals surface area contributed by atoms with Crippen LogP contribution in [-0.2, 0) is 19.4 Å². The molecule has 7 nitrogen and oxygen atoms in total. The monoisotopic (exact) mass is 361 g/mol. The van der Waals surface area contributed by atoms with E-state index in [4.69, 9.17) is 4.42 Å². The van der Waals surface area contributed by atoms with Gasteiger partial charge >= 0.3 is 6.03 Å². The lowest BCUT2D eigenvalue weighted by Gasteiger charge is -2.06. The van der Waals surface area contributed by atoms with Gasteiger partial charge in [-0.05, 0) is 37.8 Å². The number of thiazole rings is 1. The lowest BCUT2D eigenvalue weighted by atomic mass is 10.0. The quantitative estimate of drug-likeness (QED) is 0.742. The van der Waals surface area contributed by atoms with Crippen LogP contribution < -0.4 is 10.6 Å². The SMILES string of the molecule is O=C(NCc1nc2c(s1)CCCC2)Nc1nnc(-c2ccco2)s1. The average Bonchev–Trinajstić information content (AvgIpc) is 3.32. The molecule has 0 aliphatic heterocycles. The van der Waals surface area contributed by atoms with Crippen LogP contribution >= 0.6 is 22.7 Å². The number of aromatic nitrogens is 3. The second kappa shape index (κ2) is 6.70. The summed E-state index contributed by atoms with van der Waals surface area (Å²) in [5.41, 5.74) is 1.20. The van der Waals surface area contributed by atoms with Crippen molar-refractivity contribution in [2.24, 2.45) is 0 Å². The van der Waals surface area contributed by atoms with Crippen molar-refractivity contribution in [3.8, 4) is 10.8 Å². The number of urea groups is 1. The van der Waals surface area contributed by atoms with E-state index in [1.165, 1.54) is 34.7 Å². The van der Waals surface area contributed by atoms with E-state index >= 15 is 0 Å². The van der Waals surface area contributed by atoms with E-state index in [1.807, 2.05) is 0 Å². The number of hydrogen-bond donors (Lipinski definition) is 2. The van der Waals surface area contributed by atoms with Gasteiger partial charge in [0, 0.05) is 4.88 Å². The Balaban J connectivity index is 1.33. The van der Waals surface area contributed by atoms with Crippen molar-refractivity contribution in [1.29, 1.82) is 0 Å². The molecule has 2 N–H and O–H groups in total. The summed E-state index contributed by atoms with van der Waals surface area (Å²) in [6.45, 7) is 0.424. The molecule has 0 unspecified atom stereocenters. The van der Waals surface area contributed by atoms with E-state index in [1.54, 1.807) is 29.7 Å². The number of nitrogens with zero attached hydrogens (tertiary/aromatic N) is 3. The summed E-state index contributed by atoms with van der Waals surface area (Å²) in [5, 5.41) is 15.4. The first-order valence-electron chi connectivity index (χ1n) is 7.67. The maximum Gasteiger partial charge on any atom is 0.321 e. The van der Waals surface area contributed by atoms with E-state index in [2.05, 4.69) is 25.8 Å². The molecule has 0 fully saturated rings. The predicted octanol–water partition coefficient (Wildman–Crippen LogP) is 3.46. The topological polar surface area (TPSA) is 92.9 Å². The van der Waals surface area contributed by atoms with Gasteiger partial charge in [-0.2, -0.15) is 0 Å². The Hall–Kier alpha value is -2.26. The van der Waals surface area contributed by atoms with Crippen molar-refractivity contribution in [2.45, 2.75) is 32.2 Å². The van der Waals surface area contributed by atoms with Gasteiger partial charge in [0.1, 0.15) is 5.01 Å². The fraction of sp³-hybridized carbons (Fsp3) is 0.333. The largest absolute Gasteiger partial charge is 0.462 e. The maximum absolute atomic E-state index is 12.0. The average molecular weight is 361 g/mol. The molecule has 0 saturated carbocycles. The molecule has 0 spiro atoms. The number of carbonyl (C=O) groups excluding carboxylic acids is 1. The highest BCUT2D eigenvalue weighted by Crippen LogP contribution is 2.27. The van der Waals surface area contributed by atoms with Crippen LogP contribution in [0.25, 0.3) is 10.8 Å². The van der Waals surface area contributed by atoms with Crippen molar-refractivity contribution in [3.63, 3.8) is 0 Å². The Bertz CT molecular complexity index is 817. The van der Waals surface area contributed by atoms with E-state index in [0.29, 0.717) is 22.4 Å². The van der Waals surface area contributed by atoms with Crippen molar-refractivity contribution >= 4 is 33.8 Å². The number of anilines is 1. The molecule has 0 atom stereocenters. The fourth-order valence-electron chi connectivity index (χ4n) is 2.55. The molecule has 0 radical (unpaired) electrons. The Morgan fingerprint density at radius 2 is 2.17 bits per heavy atom. The number of aryl methyl sites for hydroxylation is 2. The van der Waals surface area contributed by atoms with Crippen LogP contribution in [0.5, 0.6) is 0 Å². The minimum absolute atomic E-state index is 0.315. The first kappa shape index (κ1) is 15.3. The van der Waals surface area contributed by atoms with Gasteiger partial charge in [-0.1, -0.05) is 11.3 Å². The summed E-state index contributed by atoms with van der Waals surface area (Å²) in [6.07, 6.45) is 6.18. The molecule has 1 aliphatic carbocycles. The molecule has 3 aromatic rings. The normalized spacial score (nSPS) is 13.5. The van der Waals surface area contributed by atoms with Crippen LogP contribution in [0.1, 0.15) is 28.4 Å². The second-order valence-corrected chi connectivity index (χ2v) is 7.53. The molecular weight excluding hydrogens is 346 g/mol. The van der Waals surface area contributed by atoms with Crippen LogP contribution in [0.15, 0.2) is 22.8 Å². The van der Waals surface area contributed by atoms with Crippen LogP contribution in [0.4, 0.5) is 9.93 Å². The van der Waals surface area contributed by atoms with Crippen molar-refractivity contribution < 1.29 is 9.21 Å². The smallest absolute Gasteiger partial charge is 0.321 e. The second-order valence-electron chi connectivity index (χ2n) is 5.38. The summed E-state index contributed by atoms with van der Waals surface area (Å²) in [4.78, 5) is 18.0.